The largest absolute Gasteiger partial charge is 0.496 e. The first-order chi connectivity index (χ1) is 10.6. The molecule has 22 heavy (non-hydrogen) atoms. The van der Waals surface area contributed by atoms with E-state index in [2.05, 4.69) is 6.92 Å². The molecule has 0 spiro atoms. The topological polar surface area (TPSA) is 78.4 Å². The Morgan fingerprint density at radius 2 is 1.91 bits per heavy atom. The first kappa shape index (κ1) is 16.0. The fourth-order valence-electron chi connectivity index (χ4n) is 2.71. The van der Waals surface area contributed by atoms with Crippen LogP contribution in [0.25, 0.3) is 0 Å². The molecule has 5 nitrogen and oxygen atoms in total. The second kappa shape index (κ2) is 7.04. The van der Waals surface area contributed by atoms with E-state index in [9.17, 15) is 10.1 Å². The van der Waals surface area contributed by atoms with Crippen molar-refractivity contribution in [1.82, 2.24) is 0 Å². The summed E-state index contributed by atoms with van der Waals surface area (Å²) in [4.78, 5) is 10.6. The van der Waals surface area contributed by atoms with E-state index >= 15 is 0 Å². The molecular formula is C17H20N2O3. The van der Waals surface area contributed by atoms with Crippen molar-refractivity contribution in [2.75, 3.05) is 7.11 Å². The van der Waals surface area contributed by atoms with E-state index in [4.69, 9.17) is 10.5 Å². The van der Waals surface area contributed by atoms with E-state index in [0.717, 1.165) is 12.0 Å². The third-order valence-electron chi connectivity index (χ3n) is 3.88. The zero-order valence-corrected chi connectivity index (χ0v) is 12.7. The number of nitrogens with zero attached hydrogens (tertiary/aromatic N) is 1. The molecule has 2 aromatic rings. The van der Waals surface area contributed by atoms with Gasteiger partial charge in [0.1, 0.15) is 5.75 Å². The van der Waals surface area contributed by atoms with E-state index in [-0.39, 0.29) is 17.6 Å². The van der Waals surface area contributed by atoms with Crippen LogP contribution in [0.3, 0.4) is 0 Å². The molecular weight excluding hydrogens is 280 g/mol. The molecule has 0 saturated carbocycles. The second-order valence-corrected chi connectivity index (χ2v) is 5.13. The van der Waals surface area contributed by atoms with Gasteiger partial charge in [0.25, 0.3) is 5.69 Å². The Balaban J connectivity index is 2.44. The normalized spacial score (nSPS) is 13.4. The standard InChI is InChI=1S/C17H20N2O3/c1-3-14(12-7-5-4-6-8-12)17(18)15-11-13(19(20)21)9-10-16(15)22-2/h4-11,14,17H,3,18H2,1-2H3. The van der Waals surface area contributed by atoms with Crippen molar-refractivity contribution >= 4 is 5.69 Å². The monoisotopic (exact) mass is 300 g/mol. The summed E-state index contributed by atoms with van der Waals surface area (Å²) < 4.78 is 5.33. The van der Waals surface area contributed by atoms with E-state index in [0.29, 0.717) is 11.3 Å². The van der Waals surface area contributed by atoms with Gasteiger partial charge in [-0.25, -0.2) is 0 Å². The lowest BCUT2D eigenvalue weighted by molar-refractivity contribution is -0.385. The van der Waals surface area contributed by atoms with E-state index in [1.54, 1.807) is 13.2 Å². The maximum absolute atomic E-state index is 11.0. The zero-order valence-electron chi connectivity index (χ0n) is 12.7. The van der Waals surface area contributed by atoms with Crippen LogP contribution in [0, 0.1) is 10.1 Å². The Bertz CT molecular complexity index is 644. The molecule has 0 fully saturated rings. The van der Waals surface area contributed by atoms with E-state index < -0.39 is 4.92 Å². The fourth-order valence-corrected chi connectivity index (χ4v) is 2.71. The van der Waals surface area contributed by atoms with Crippen molar-refractivity contribution in [3.63, 3.8) is 0 Å². The van der Waals surface area contributed by atoms with E-state index in [1.807, 2.05) is 30.3 Å². The minimum Gasteiger partial charge on any atom is -0.496 e. The van der Waals surface area contributed by atoms with Gasteiger partial charge >= 0.3 is 0 Å². The second-order valence-electron chi connectivity index (χ2n) is 5.13. The number of methoxy groups -OCH3 is 1. The van der Waals surface area contributed by atoms with Gasteiger partial charge in [0.15, 0.2) is 0 Å². The highest BCUT2D eigenvalue weighted by Crippen LogP contribution is 2.37. The lowest BCUT2D eigenvalue weighted by Crippen LogP contribution is -2.20. The Labute approximate surface area is 129 Å². The highest BCUT2D eigenvalue weighted by Gasteiger charge is 2.24. The number of nitrogens with two attached hydrogens (primary N) is 1. The van der Waals surface area contributed by atoms with Gasteiger partial charge in [-0.3, -0.25) is 10.1 Å². The summed E-state index contributed by atoms with van der Waals surface area (Å²) in [6, 6.07) is 14.1. The minimum atomic E-state index is -0.418. The molecule has 2 N–H and O–H groups in total. The van der Waals surface area contributed by atoms with Crippen LogP contribution in [0.1, 0.15) is 36.4 Å². The molecule has 0 aliphatic heterocycles. The van der Waals surface area contributed by atoms with Gasteiger partial charge in [-0.2, -0.15) is 0 Å². The van der Waals surface area contributed by atoms with Crippen LogP contribution in [0.2, 0.25) is 0 Å². The maximum atomic E-state index is 11.0. The van der Waals surface area contributed by atoms with E-state index in [1.165, 1.54) is 12.1 Å². The predicted molar refractivity (Wildman–Crippen MR) is 86.1 cm³/mol. The first-order valence-corrected chi connectivity index (χ1v) is 7.21. The van der Waals surface area contributed by atoms with Gasteiger partial charge < -0.3 is 10.5 Å². The Hall–Kier alpha value is -2.40. The lowest BCUT2D eigenvalue weighted by Gasteiger charge is -2.25. The van der Waals surface area contributed by atoms with Gasteiger partial charge in [-0.15, -0.1) is 0 Å². The number of ether oxygens (including phenoxy) is 1. The highest BCUT2D eigenvalue weighted by molar-refractivity contribution is 5.46. The number of benzene rings is 2. The summed E-state index contributed by atoms with van der Waals surface area (Å²) in [5.74, 6) is 0.643. The molecule has 0 saturated heterocycles. The molecule has 0 bridgehead atoms. The van der Waals surface area contributed by atoms with Crippen molar-refractivity contribution in [2.24, 2.45) is 5.73 Å². The fraction of sp³-hybridized carbons (Fsp3) is 0.294. The predicted octanol–water partition coefficient (Wildman–Crippen LogP) is 3.80. The third-order valence-corrected chi connectivity index (χ3v) is 3.88. The molecule has 0 amide bonds. The Morgan fingerprint density at radius 1 is 1.23 bits per heavy atom. The maximum Gasteiger partial charge on any atom is 0.270 e. The zero-order chi connectivity index (χ0) is 16.1. The molecule has 116 valence electrons. The summed E-state index contributed by atoms with van der Waals surface area (Å²) in [6.07, 6.45) is 0.830. The molecule has 5 heteroatoms. The number of nitro groups is 1. The lowest BCUT2D eigenvalue weighted by atomic mass is 9.85. The third kappa shape index (κ3) is 3.26. The smallest absolute Gasteiger partial charge is 0.270 e. The number of rotatable bonds is 6. The number of hydrogen-bond donors (Lipinski definition) is 1. The van der Waals surface area contributed by atoms with Crippen LogP contribution in [-0.4, -0.2) is 12.0 Å². The molecule has 0 heterocycles. The number of non-ortho nitro benzene ring substituents is 1. The highest BCUT2D eigenvalue weighted by atomic mass is 16.6. The van der Waals surface area contributed by atoms with Crippen molar-refractivity contribution in [3.8, 4) is 5.75 Å². The Morgan fingerprint density at radius 3 is 2.45 bits per heavy atom. The average Bonchev–Trinajstić information content (AvgIpc) is 2.55. The summed E-state index contributed by atoms with van der Waals surface area (Å²) in [7, 11) is 1.54. The SMILES string of the molecule is CCC(c1ccccc1)C(N)c1cc([N+](=O)[O-])ccc1OC. The van der Waals surface area contributed by atoms with Crippen molar-refractivity contribution in [3.05, 3.63) is 69.8 Å². The molecule has 0 aliphatic rings. The van der Waals surface area contributed by atoms with Gasteiger partial charge in [0, 0.05) is 29.7 Å². The van der Waals surface area contributed by atoms with Crippen molar-refractivity contribution in [2.45, 2.75) is 25.3 Å². The number of nitro benzene ring substituents is 1. The van der Waals surface area contributed by atoms with Gasteiger partial charge in [-0.05, 0) is 18.1 Å². The van der Waals surface area contributed by atoms with Crippen LogP contribution in [0.4, 0.5) is 5.69 Å². The molecule has 2 rings (SSSR count). The summed E-state index contributed by atoms with van der Waals surface area (Å²) >= 11 is 0. The average molecular weight is 300 g/mol. The van der Waals surface area contributed by atoms with Crippen LogP contribution < -0.4 is 10.5 Å². The molecule has 2 unspecified atom stereocenters. The molecule has 0 radical (unpaired) electrons. The van der Waals surface area contributed by atoms with Gasteiger partial charge in [0.05, 0.1) is 12.0 Å². The quantitative estimate of drug-likeness (QED) is 0.650. The van der Waals surface area contributed by atoms with Crippen molar-refractivity contribution in [1.29, 1.82) is 0 Å². The summed E-state index contributed by atoms with van der Waals surface area (Å²) in [6.45, 7) is 2.06. The molecule has 2 atom stereocenters. The van der Waals surface area contributed by atoms with Gasteiger partial charge in [0.2, 0.25) is 0 Å². The minimum absolute atomic E-state index is 0.0224. The van der Waals surface area contributed by atoms with Crippen LogP contribution >= 0.6 is 0 Å². The summed E-state index contributed by atoms with van der Waals surface area (Å²) in [5, 5.41) is 11.0. The van der Waals surface area contributed by atoms with Crippen LogP contribution in [-0.2, 0) is 0 Å². The number of hydrogen-bond acceptors (Lipinski definition) is 4. The van der Waals surface area contributed by atoms with Gasteiger partial charge in [-0.1, -0.05) is 37.3 Å². The van der Waals surface area contributed by atoms with Crippen LogP contribution in [0.15, 0.2) is 48.5 Å². The summed E-state index contributed by atoms with van der Waals surface area (Å²) in [5.41, 5.74) is 8.22. The van der Waals surface area contributed by atoms with Crippen LogP contribution in [0.5, 0.6) is 5.75 Å². The Kier molecular flexibility index (Phi) is 5.12. The molecule has 0 aliphatic carbocycles. The first-order valence-electron chi connectivity index (χ1n) is 7.21. The van der Waals surface area contributed by atoms with Crippen molar-refractivity contribution < 1.29 is 9.66 Å². The molecule has 2 aromatic carbocycles. The molecule has 0 aromatic heterocycles.